The van der Waals surface area contributed by atoms with Gasteiger partial charge in [0.05, 0.1) is 17.9 Å². The quantitative estimate of drug-likeness (QED) is 0.550. The van der Waals surface area contributed by atoms with E-state index < -0.39 is 11.7 Å². The normalized spacial score (nSPS) is 10.1. The van der Waals surface area contributed by atoms with Crippen molar-refractivity contribution in [1.82, 2.24) is 10.5 Å². The monoisotopic (exact) mass is 329 g/mol. The number of hydrogen-bond donors (Lipinski definition) is 3. The molecular weight excluding hydrogens is 313 g/mol. The minimum atomic E-state index is -0.588. The maximum atomic E-state index is 14.0. The molecule has 0 saturated heterocycles. The number of benzene rings is 1. The second-order valence-corrected chi connectivity index (χ2v) is 4.88. The summed E-state index contributed by atoms with van der Waals surface area (Å²) in [5.41, 5.74) is 8.57. The number of nitrogens with zero attached hydrogens (tertiary/aromatic N) is 2. The number of pyridine rings is 1. The van der Waals surface area contributed by atoms with Gasteiger partial charge in [-0.05, 0) is 36.8 Å². The van der Waals surface area contributed by atoms with Crippen molar-refractivity contribution in [2.75, 3.05) is 18.5 Å². The minimum Gasteiger partial charge on any atom is -0.337 e. The van der Waals surface area contributed by atoms with E-state index in [4.69, 9.17) is 15.8 Å². The van der Waals surface area contributed by atoms with Gasteiger partial charge in [-0.2, -0.15) is 5.26 Å². The number of aryl methyl sites for hydroxylation is 1. The Hall–Kier alpha value is -3.02. The van der Waals surface area contributed by atoms with Gasteiger partial charge in [0.1, 0.15) is 23.4 Å². The van der Waals surface area contributed by atoms with E-state index in [0.717, 1.165) is 5.56 Å². The lowest BCUT2D eigenvalue weighted by atomic mass is 10.2. The molecule has 4 N–H and O–H groups in total. The van der Waals surface area contributed by atoms with E-state index in [0.29, 0.717) is 0 Å². The van der Waals surface area contributed by atoms with E-state index >= 15 is 0 Å². The Morgan fingerprint density at radius 1 is 1.42 bits per heavy atom. The fourth-order valence-electron chi connectivity index (χ4n) is 1.88. The molecule has 0 radical (unpaired) electrons. The lowest BCUT2D eigenvalue weighted by Gasteiger charge is -2.12. The summed E-state index contributed by atoms with van der Waals surface area (Å²) in [6, 6.07) is 9.24. The minimum absolute atomic E-state index is 0.0469. The van der Waals surface area contributed by atoms with Crippen molar-refractivity contribution in [3.05, 3.63) is 53.0 Å². The van der Waals surface area contributed by atoms with E-state index in [1.807, 2.05) is 6.07 Å². The Labute approximate surface area is 138 Å². The van der Waals surface area contributed by atoms with Crippen molar-refractivity contribution >= 4 is 17.4 Å². The molecule has 0 aliphatic carbocycles. The average Bonchev–Trinajstić information content (AvgIpc) is 2.57. The first-order chi connectivity index (χ1) is 11.5. The number of hydrogen-bond acceptors (Lipinski definition) is 6. The first-order valence-electron chi connectivity index (χ1n) is 7.11. The van der Waals surface area contributed by atoms with Crippen LogP contribution in [0.2, 0.25) is 0 Å². The van der Waals surface area contributed by atoms with Gasteiger partial charge >= 0.3 is 0 Å². The smallest absolute Gasteiger partial charge is 0.278 e. The van der Waals surface area contributed by atoms with Gasteiger partial charge in [-0.3, -0.25) is 9.63 Å². The van der Waals surface area contributed by atoms with E-state index in [1.54, 1.807) is 13.0 Å². The molecule has 7 nitrogen and oxygen atoms in total. The molecule has 1 heterocycles. The standard InChI is InChI=1S/C16H16FN5O2/c1-10-2-5-14(13(17)8-10)21-15-12(4-3-11(9-19)20-15)16(23)22-24-7-6-18/h2-5,8H,6-7,18H2,1H3,(H,20,21)(H,22,23). The number of nitrogens with one attached hydrogen (secondary N) is 2. The van der Waals surface area contributed by atoms with Crippen molar-refractivity contribution in [3.8, 4) is 6.07 Å². The first-order valence-corrected chi connectivity index (χ1v) is 7.11. The van der Waals surface area contributed by atoms with Crippen LogP contribution < -0.4 is 16.5 Å². The Morgan fingerprint density at radius 3 is 2.88 bits per heavy atom. The van der Waals surface area contributed by atoms with Gasteiger partial charge in [0.15, 0.2) is 0 Å². The number of aromatic nitrogens is 1. The van der Waals surface area contributed by atoms with Crippen LogP contribution in [-0.2, 0) is 4.84 Å². The molecule has 2 aromatic rings. The van der Waals surface area contributed by atoms with Crippen molar-refractivity contribution in [1.29, 1.82) is 5.26 Å². The summed E-state index contributed by atoms with van der Waals surface area (Å²) < 4.78 is 14.0. The molecule has 0 fully saturated rings. The Kier molecular flexibility index (Phi) is 5.78. The average molecular weight is 329 g/mol. The van der Waals surface area contributed by atoms with Gasteiger partial charge in [-0.15, -0.1) is 0 Å². The van der Waals surface area contributed by atoms with Gasteiger partial charge in [0.2, 0.25) is 0 Å². The summed E-state index contributed by atoms with van der Waals surface area (Å²) >= 11 is 0. The molecule has 1 aromatic carbocycles. The number of halogens is 1. The summed E-state index contributed by atoms with van der Waals surface area (Å²) in [6.45, 7) is 2.14. The molecule has 0 bridgehead atoms. The van der Waals surface area contributed by atoms with E-state index in [1.165, 1.54) is 24.3 Å². The molecule has 2 rings (SSSR count). The number of nitriles is 1. The fourth-order valence-corrected chi connectivity index (χ4v) is 1.88. The van der Waals surface area contributed by atoms with Gasteiger partial charge in [0, 0.05) is 6.54 Å². The van der Waals surface area contributed by atoms with Crippen LogP contribution in [0.1, 0.15) is 21.6 Å². The molecule has 0 saturated carbocycles. The predicted molar refractivity (Wildman–Crippen MR) is 85.8 cm³/mol. The second-order valence-electron chi connectivity index (χ2n) is 4.88. The molecule has 124 valence electrons. The summed E-state index contributed by atoms with van der Waals surface area (Å²) in [6.07, 6.45) is 0. The molecule has 0 atom stereocenters. The van der Waals surface area contributed by atoms with Crippen LogP contribution in [0.15, 0.2) is 30.3 Å². The van der Waals surface area contributed by atoms with Crippen molar-refractivity contribution in [2.45, 2.75) is 6.92 Å². The number of nitrogens with two attached hydrogens (primary N) is 1. The third-order valence-corrected chi connectivity index (χ3v) is 3.02. The van der Waals surface area contributed by atoms with Crippen LogP contribution in [0.25, 0.3) is 0 Å². The highest BCUT2D eigenvalue weighted by Crippen LogP contribution is 2.22. The third kappa shape index (κ3) is 4.25. The number of hydroxylamine groups is 1. The van der Waals surface area contributed by atoms with Gasteiger partial charge < -0.3 is 11.1 Å². The van der Waals surface area contributed by atoms with Crippen molar-refractivity contribution < 1.29 is 14.0 Å². The summed E-state index contributed by atoms with van der Waals surface area (Å²) in [5.74, 6) is -1.04. The maximum absolute atomic E-state index is 14.0. The Morgan fingerprint density at radius 2 is 2.21 bits per heavy atom. The lowest BCUT2D eigenvalue weighted by Crippen LogP contribution is -2.27. The van der Waals surface area contributed by atoms with Crippen LogP contribution in [0, 0.1) is 24.1 Å². The van der Waals surface area contributed by atoms with E-state index in [9.17, 15) is 9.18 Å². The zero-order valence-electron chi connectivity index (χ0n) is 13.0. The highest BCUT2D eigenvalue weighted by atomic mass is 19.1. The largest absolute Gasteiger partial charge is 0.337 e. The number of carbonyl (C=O) groups is 1. The second kappa shape index (κ2) is 8.01. The summed E-state index contributed by atoms with van der Waals surface area (Å²) in [4.78, 5) is 21.0. The van der Waals surface area contributed by atoms with Crippen LogP contribution in [0.4, 0.5) is 15.9 Å². The van der Waals surface area contributed by atoms with Crippen LogP contribution >= 0.6 is 0 Å². The maximum Gasteiger partial charge on any atom is 0.278 e. The lowest BCUT2D eigenvalue weighted by molar-refractivity contribution is 0.0344. The van der Waals surface area contributed by atoms with E-state index in [-0.39, 0.29) is 35.9 Å². The van der Waals surface area contributed by atoms with Crippen molar-refractivity contribution in [2.24, 2.45) is 5.73 Å². The highest BCUT2D eigenvalue weighted by Gasteiger charge is 2.15. The predicted octanol–water partition coefficient (Wildman–Crippen LogP) is 1.76. The van der Waals surface area contributed by atoms with Crippen LogP contribution in [0.3, 0.4) is 0 Å². The molecule has 0 aliphatic heterocycles. The third-order valence-electron chi connectivity index (χ3n) is 3.02. The fraction of sp³-hybridized carbons (Fsp3) is 0.188. The zero-order chi connectivity index (χ0) is 17.5. The molecule has 8 heteroatoms. The van der Waals surface area contributed by atoms with Crippen LogP contribution in [0.5, 0.6) is 0 Å². The zero-order valence-corrected chi connectivity index (χ0v) is 13.0. The number of amides is 1. The molecule has 0 aliphatic rings. The van der Waals surface area contributed by atoms with Gasteiger partial charge in [-0.25, -0.2) is 14.9 Å². The summed E-state index contributed by atoms with van der Waals surface area (Å²) in [5, 5.41) is 11.7. The number of carbonyl (C=O) groups excluding carboxylic acids is 1. The molecule has 1 aromatic heterocycles. The topological polar surface area (TPSA) is 113 Å². The summed E-state index contributed by atoms with van der Waals surface area (Å²) in [7, 11) is 0. The van der Waals surface area contributed by atoms with E-state index in [2.05, 4.69) is 15.8 Å². The molecule has 0 unspecified atom stereocenters. The Bertz CT molecular complexity index is 789. The first kappa shape index (κ1) is 17.3. The highest BCUT2D eigenvalue weighted by molar-refractivity contribution is 5.98. The SMILES string of the molecule is Cc1ccc(Nc2nc(C#N)ccc2C(=O)NOCCN)c(F)c1. The van der Waals surface area contributed by atoms with Crippen molar-refractivity contribution in [3.63, 3.8) is 0 Å². The van der Waals surface area contributed by atoms with Gasteiger partial charge in [-0.1, -0.05) is 6.07 Å². The molecule has 0 spiro atoms. The molecule has 24 heavy (non-hydrogen) atoms. The molecular formula is C16H16FN5O2. The van der Waals surface area contributed by atoms with Crippen LogP contribution in [-0.4, -0.2) is 24.0 Å². The number of anilines is 2. The number of rotatable bonds is 6. The Balaban J connectivity index is 2.32. The molecule has 1 amide bonds. The van der Waals surface area contributed by atoms with Gasteiger partial charge in [0.25, 0.3) is 5.91 Å².